The third-order valence-corrected chi connectivity index (χ3v) is 14.1. The van der Waals surface area contributed by atoms with E-state index in [0.717, 1.165) is 39.0 Å². The molecule has 0 aliphatic heterocycles. The molecule has 0 unspecified atom stereocenters. The van der Waals surface area contributed by atoms with E-state index < -0.39 is 5.41 Å². The Bertz CT molecular complexity index is 3460. The summed E-state index contributed by atoms with van der Waals surface area (Å²) in [4.78, 5) is 2.39. The number of nitrogens with zero attached hydrogens (tertiary/aromatic N) is 1. The van der Waals surface area contributed by atoms with Gasteiger partial charge in [0, 0.05) is 39.3 Å². The normalized spacial score (nSPS) is 14.5. The van der Waals surface area contributed by atoms with Crippen molar-refractivity contribution in [3.05, 3.63) is 245 Å². The first kappa shape index (κ1) is 35.1. The molecule has 0 bridgehead atoms. The molecule has 292 valence electrons. The van der Waals surface area contributed by atoms with E-state index in [-0.39, 0.29) is 5.41 Å². The Balaban J connectivity index is 0.968. The predicted octanol–water partition coefficient (Wildman–Crippen LogP) is 15.9. The molecule has 10 aromatic rings. The molecule has 0 atom stereocenters. The van der Waals surface area contributed by atoms with E-state index in [4.69, 9.17) is 4.42 Å². The topological polar surface area (TPSA) is 16.4 Å². The minimum atomic E-state index is -0.467. The predicted molar refractivity (Wildman–Crippen MR) is 258 cm³/mol. The number of furan rings is 1. The number of fused-ring (bicyclic) bond motifs is 15. The van der Waals surface area contributed by atoms with Crippen molar-refractivity contribution in [2.45, 2.75) is 24.7 Å². The second kappa shape index (κ2) is 12.9. The molecular weight excluding hydrogens is 751 g/mol. The van der Waals surface area contributed by atoms with Crippen LogP contribution in [0.2, 0.25) is 0 Å². The average molecular weight is 792 g/mol. The summed E-state index contributed by atoms with van der Waals surface area (Å²) in [6, 6.07) is 74.1. The first-order chi connectivity index (χ1) is 30.5. The van der Waals surface area contributed by atoms with Gasteiger partial charge in [0.2, 0.25) is 0 Å². The maximum Gasteiger partial charge on any atom is 0.137 e. The summed E-state index contributed by atoms with van der Waals surface area (Å²) >= 11 is 0. The Morgan fingerprint density at radius 1 is 0.355 bits per heavy atom. The molecule has 0 radical (unpaired) electrons. The highest BCUT2D eigenvalue weighted by Gasteiger charge is 2.48. The monoisotopic (exact) mass is 791 g/mol. The molecule has 1 heterocycles. The number of rotatable bonds is 4. The van der Waals surface area contributed by atoms with Crippen molar-refractivity contribution in [2.24, 2.45) is 0 Å². The molecule has 1 spiro atoms. The largest absolute Gasteiger partial charge is 0.456 e. The van der Waals surface area contributed by atoms with Crippen LogP contribution in [0.4, 0.5) is 17.1 Å². The van der Waals surface area contributed by atoms with Gasteiger partial charge in [-0.3, -0.25) is 0 Å². The Hall–Kier alpha value is -7.68. The molecule has 3 aliphatic rings. The van der Waals surface area contributed by atoms with E-state index in [0.29, 0.717) is 0 Å². The summed E-state index contributed by atoms with van der Waals surface area (Å²) in [7, 11) is 0. The van der Waals surface area contributed by atoms with E-state index in [9.17, 15) is 0 Å². The standard InChI is InChI=1S/C60H41NO/c1-59(2)53-20-10-5-15-45(53)47-33-30-43(36-55(47)59)61(44-31-34-50-49-17-7-12-22-57(49)62-58(50)37-44)42-28-25-38(26-29-42)41-27-32-48-46-16-6-11-21-54(46)60(56(48)35-41)51-18-8-3-13-39(51)23-24-40-14-4-9-19-52(40)60/h3-37H,1-2H3. The average Bonchev–Trinajstić information content (AvgIpc) is 3.87. The molecule has 0 fully saturated rings. The van der Waals surface area contributed by atoms with Crippen LogP contribution in [-0.2, 0) is 10.8 Å². The summed E-state index contributed by atoms with van der Waals surface area (Å²) in [5.74, 6) is 0. The quantitative estimate of drug-likeness (QED) is 0.177. The van der Waals surface area contributed by atoms with Crippen LogP contribution in [0.5, 0.6) is 0 Å². The van der Waals surface area contributed by atoms with Crippen molar-refractivity contribution in [1.29, 1.82) is 0 Å². The van der Waals surface area contributed by atoms with Crippen LogP contribution in [0, 0.1) is 0 Å². The first-order valence-corrected chi connectivity index (χ1v) is 21.7. The molecule has 9 aromatic carbocycles. The lowest BCUT2D eigenvalue weighted by molar-refractivity contribution is 0.660. The third-order valence-electron chi connectivity index (χ3n) is 14.1. The second-order valence-electron chi connectivity index (χ2n) is 17.6. The molecule has 1 aromatic heterocycles. The maximum absolute atomic E-state index is 6.47. The third kappa shape index (κ3) is 4.81. The highest BCUT2D eigenvalue weighted by molar-refractivity contribution is 6.06. The zero-order valence-corrected chi connectivity index (χ0v) is 34.6. The zero-order valence-electron chi connectivity index (χ0n) is 34.6. The number of para-hydroxylation sites is 1. The van der Waals surface area contributed by atoms with Crippen LogP contribution >= 0.6 is 0 Å². The van der Waals surface area contributed by atoms with Crippen LogP contribution < -0.4 is 4.90 Å². The van der Waals surface area contributed by atoms with Gasteiger partial charge in [-0.2, -0.15) is 0 Å². The van der Waals surface area contributed by atoms with E-state index in [1.807, 2.05) is 6.07 Å². The molecule has 2 heteroatoms. The summed E-state index contributed by atoms with van der Waals surface area (Å²) in [5, 5.41) is 2.25. The number of anilines is 3. The van der Waals surface area contributed by atoms with Gasteiger partial charge in [0.1, 0.15) is 11.2 Å². The van der Waals surface area contributed by atoms with Gasteiger partial charge in [0.05, 0.1) is 5.41 Å². The van der Waals surface area contributed by atoms with Crippen molar-refractivity contribution in [3.8, 4) is 33.4 Å². The second-order valence-corrected chi connectivity index (χ2v) is 17.6. The van der Waals surface area contributed by atoms with Gasteiger partial charge in [0.25, 0.3) is 0 Å². The SMILES string of the molecule is CC1(C)c2ccccc2-c2ccc(N(c3ccc(-c4ccc5c(c4)C4(c6ccccc6C=Cc6ccccc64)c4ccccc4-5)cc3)c3ccc4c(c3)oc3ccccc34)cc21. The highest BCUT2D eigenvalue weighted by atomic mass is 16.3. The fraction of sp³-hybridized carbons (Fsp3) is 0.0667. The maximum atomic E-state index is 6.47. The van der Waals surface area contributed by atoms with Crippen LogP contribution in [0.15, 0.2) is 205 Å². The van der Waals surface area contributed by atoms with Gasteiger partial charge in [-0.1, -0.05) is 172 Å². The van der Waals surface area contributed by atoms with E-state index in [1.54, 1.807) is 0 Å². The van der Waals surface area contributed by atoms with E-state index in [2.05, 4.69) is 225 Å². The van der Waals surface area contributed by atoms with Gasteiger partial charge in [-0.15, -0.1) is 0 Å². The molecule has 62 heavy (non-hydrogen) atoms. The van der Waals surface area contributed by atoms with Gasteiger partial charge in [-0.25, -0.2) is 0 Å². The van der Waals surface area contributed by atoms with Crippen molar-refractivity contribution >= 4 is 51.2 Å². The van der Waals surface area contributed by atoms with Gasteiger partial charge in [0.15, 0.2) is 0 Å². The first-order valence-electron chi connectivity index (χ1n) is 21.7. The Morgan fingerprint density at radius 3 is 1.63 bits per heavy atom. The van der Waals surface area contributed by atoms with Crippen molar-refractivity contribution in [2.75, 3.05) is 4.90 Å². The lowest BCUT2D eigenvalue weighted by Crippen LogP contribution is -2.29. The van der Waals surface area contributed by atoms with Crippen LogP contribution in [0.25, 0.3) is 67.5 Å². The molecule has 0 saturated carbocycles. The van der Waals surface area contributed by atoms with Crippen LogP contribution in [-0.4, -0.2) is 0 Å². The lowest BCUT2D eigenvalue weighted by Gasteiger charge is -2.35. The fourth-order valence-electron chi connectivity index (χ4n) is 11.3. The number of benzene rings is 9. The number of hydrogen-bond donors (Lipinski definition) is 0. The van der Waals surface area contributed by atoms with Gasteiger partial charge in [-0.05, 0) is 126 Å². The van der Waals surface area contributed by atoms with Gasteiger partial charge >= 0.3 is 0 Å². The van der Waals surface area contributed by atoms with Crippen LogP contribution in [0.3, 0.4) is 0 Å². The van der Waals surface area contributed by atoms with Crippen LogP contribution in [0.1, 0.15) is 58.4 Å². The summed E-state index contributed by atoms with van der Waals surface area (Å²) < 4.78 is 6.47. The smallest absolute Gasteiger partial charge is 0.137 e. The summed E-state index contributed by atoms with van der Waals surface area (Å²) in [6.07, 6.45) is 4.59. The minimum absolute atomic E-state index is 0.126. The van der Waals surface area contributed by atoms with Crippen molar-refractivity contribution in [1.82, 2.24) is 0 Å². The Morgan fingerprint density at radius 2 is 0.871 bits per heavy atom. The molecule has 0 saturated heterocycles. The number of hydrogen-bond acceptors (Lipinski definition) is 2. The molecular formula is C60H41NO. The molecule has 0 amide bonds. The van der Waals surface area contributed by atoms with Gasteiger partial charge < -0.3 is 9.32 Å². The molecule has 3 aliphatic carbocycles. The van der Waals surface area contributed by atoms with Crippen molar-refractivity contribution in [3.63, 3.8) is 0 Å². The Kier molecular flexibility index (Phi) is 7.31. The van der Waals surface area contributed by atoms with E-state index in [1.165, 1.54) is 77.9 Å². The van der Waals surface area contributed by atoms with Crippen molar-refractivity contribution < 1.29 is 4.42 Å². The fourth-order valence-corrected chi connectivity index (χ4v) is 11.3. The Labute approximate surface area is 361 Å². The van der Waals surface area contributed by atoms with E-state index >= 15 is 0 Å². The lowest BCUT2D eigenvalue weighted by atomic mass is 9.66. The minimum Gasteiger partial charge on any atom is -0.456 e. The summed E-state index contributed by atoms with van der Waals surface area (Å²) in [5.41, 5.74) is 22.5. The molecule has 13 rings (SSSR count). The summed E-state index contributed by atoms with van der Waals surface area (Å²) in [6.45, 7) is 4.70. The zero-order chi connectivity index (χ0) is 41.2. The molecule has 0 N–H and O–H groups in total. The molecule has 2 nitrogen and oxygen atoms in total. The highest BCUT2D eigenvalue weighted by Crippen LogP contribution is 2.59.